The molecule has 0 aromatic rings. The number of hydrogen-bond donors (Lipinski definition) is 0. The average molecular weight is 234 g/mol. The van der Waals surface area contributed by atoms with Crippen LogP contribution in [0, 0.1) is 0 Å². The van der Waals surface area contributed by atoms with Crippen molar-refractivity contribution in [3.05, 3.63) is 37.0 Å². The van der Waals surface area contributed by atoms with Gasteiger partial charge in [-0.25, -0.2) is 4.79 Å². The van der Waals surface area contributed by atoms with E-state index < -0.39 is 0 Å². The zero-order chi connectivity index (χ0) is 12.3. The molecule has 1 unspecified atom stereocenters. The van der Waals surface area contributed by atoms with Crippen molar-refractivity contribution in [1.29, 1.82) is 0 Å². The minimum atomic E-state index is -0.00508. The highest BCUT2D eigenvalue weighted by molar-refractivity contribution is 5.76. The molecule has 0 spiro atoms. The summed E-state index contributed by atoms with van der Waals surface area (Å²) >= 11 is 0. The fourth-order valence-corrected chi connectivity index (χ4v) is 2.25. The number of hydroxylamine groups is 2. The molecule has 2 amide bonds. The number of allylic oxidation sites excluding steroid dienone is 2. The second kappa shape index (κ2) is 5.19. The molecule has 4 heteroatoms. The second-order valence-corrected chi connectivity index (χ2v) is 4.31. The highest BCUT2D eigenvalue weighted by atomic mass is 16.7. The number of carbonyl (C=O) groups is 1. The van der Waals surface area contributed by atoms with Crippen molar-refractivity contribution in [2.24, 2.45) is 0 Å². The van der Waals surface area contributed by atoms with Gasteiger partial charge in [0.05, 0.1) is 6.04 Å². The van der Waals surface area contributed by atoms with E-state index in [1.807, 2.05) is 11.0 Å². The number of rotatable bonds is 5. The van der Waals surface area contributed by atoms with Crippen LogP contribution >= 0.6 is 0 Å². The van der Waals surface area contributed by atoms with Crippen LogP contribution in [0.15, 0.2) is 37.0 Å². The third-order valence-electron chi connectivity index (χ3n) is 3.15. The van der Waals surface area contributed by atoms with Gasteiger partial charge in [0.25, 0.3) is 0 Å². The van der Waals surface area contributed by atoms with Gasteiger partial charge >= 0.3 is 6.03 Å². The molecule has 92 valence electrons. The molecule has 0 saturated carbocycles. The molecule has 4 nitrogen and oxygen atoms in total. The van der Waals surface area contributed by atoms with Crippen LogP contribution in [0.4, 0.5) is 4.79 Å². The smallest absolute Gasteiger partial charge is 0.321 e. The highest BCUT2D eigenvalue weighted by Crippen LogP contribution is 2.25. The largest absolute Gasteiger partial charge is 0.344 e. The van der Waals surface area contributed by atoms with Crippen molar-refractivity contribution in [3.8, 4) is 0 Å². The van der Waals surface area contributed by atoms with E-state index in [4.69, 9.17) is 4.84 Å². The Morgan fingerprint density at radius 1 is 1.53 bits per heavy atom. The molecule has 0 radical (unpaired) electrons. The zero-order valence-corrected chi connectivity index (χ0v) is 9.97. The Morgan fingerprint density at radius 3 is 3.00 bits per heavy atom. The first-order valence-corrected chi connectivity index (χ1v) is 5.91. The van der Waals surface area contributed by atoms with Crippen molar-refractivity contribution in [2.75, 3.05) is 19.7 Å². The summed E-state index contributed by atoms with van der Waals surface area (Å²) in [7, 11) is 0. The fourth-order valence-electron chi connectivity index (χ4n) is 2.25. The minimum Gasteiger partial charge on any atom is -0.321 e. The van der Waals surface area contributed by atoms with Gasteiger partial charge in [-0.1, -0.05) is 31.4 Å². The van der Waals surface area contributed by atoms with E-state index >= 15 is 0 Å². The second-order valence-electron chi connectivity index (χ2n) is 4.31. The third-order valence-corrected chi connectivity index (χ3v) is 3.15. The lowest BCUT2D eigenvalue weighted by Crippen LogP contribution is -2.33. The SMILES string of the molecule is C=C/C=C(\C=C)CON1C(=O)N2CCCC1C2. The number of carbonyl (C=O) groups excluding carboxylic acids is 1. The highest BCUT2D eigenvalue weighted by Gasteiger charge is 2.40. The van der Waals surface area contributed by atoms with Gasteiger partial charge in [0, 0.05) is 13.1 Å². The molecule has 2 aliphatic heterocycles. The van der Waals surface area contributed by atoms with Gasteiger partial charge in [-0.3, -0.25) is 4.84 Å². The first kappa shape index (κ1) is 11.9. The average Bonchev–Trinajstić information content (AvgIpc) is 2.57. The minimum absolute atomic E-state index is 0.00508. The molecule has 0 aromatic carbocycles. The van der Waals surface area contributed by atoms with Crippen molar-refractivity contribution >= 4 is 6.03 Å². The van der Waals surface area contributed by atoms with Crippen LogP contribution in [0.3, 0.4) is 0 Å². The van der Waals surface area contributed by atoms with E-state index in [9.17, 15) is 4.79 Å². The van der Waals surface area contributed by atoms with Gasteiger partial charge in [0.2, 0.25) is 0 Å². The van der Waals surface area contributed by atoms with E-state index in [-0.39, 0.29) is 12.1 Å². The molecule has 17 heavy (non-hydrogen) atoms. The molecule has 1 atom stereocenters. The summed E-state index contributed by atoms with van der Waals surface area (Å²) in [6.45, 7) is 9.35. The lowest BCUT2D eigenvalue weighted by Gasteiger charge is -2.22. The van der Waals surface area contributed by atoms with E-state index in [1.54, 1.807) is 12.2 Å². The molecule has 0 N–H and O–H groups in total. The summed E-state index contributed by atoms with van der Waals surface area (Å²) in [5.41, 5.74) is 0.921. The Balaban J connectivity index is 1.95. The Labute approximate surface area is 102 Å². The van der Waals surface area contributed by atoms with Crippen LogP contribution in [-0.2, 0) is 4.84 Å². The van der Waals surface area contributed by atoms with E-state index in [2.05, 4.69) is 13.2 Å². The molecule has 2 aliphatic rings. The number of piperidine rings is 1. The van der Waals surface area contributed by atoms with Crippen LogP contribution in [0.2, 0.25) is 0 Å². The summed E-state index contributed by atoms with van der Waals surface area (Å²) in [5, 5.41) is 1.52. The van der Waals surface area contributed by atoms with E-state index in [0.29, 0.717) is 6.61 Å². The Morgan fingerprint density at radius 2 is 2.35 bits per heavy atom. The first-order valence-electron chi connectivity index (χ1n) is 5.91. The summed E-state index contributed by atoms with van der Waals surface area (Å²) < 4.78 is 0. The molecule has 2 fully saturated rings. The van der Waals surface area contributed by atoms with Gasteiger partial charge in [0.1, 0.15) is 6.61 Å². The normalized spacial score (nSPS) is 24.1. The molecule has 0 aromatic heterocycles. The third kappa shape index (κ3) is 2.42. The molecule has 2 bridgehead atoms. The summed E-state index contributed by atoms with van der Waals surface area (Å²) in [6.07, 6.45) is 7.33. The van der Waals surface area contributed by atoms with Crippen molar-refractivity contribution in [3.63, 3.8) is 0 Å². The van der Waals surface area contributed by atoms with Crippen LogP contribution < -0.4 is 0 Å². The molecule has 0 aliphatic carbocycles. The topological polar surface area (TPSA) is 32.8 Å². The number of urea groups is 1. The maximum Gasteiger partial charge on any atom is 0.344 e. The van der Waals surface area contributed by atoms with E-state index in [0.717, 1.165) is 31.5 Å². The number of amides is 2. The lowest BCUT2D eigenvalue weighted by molar-refractivity contribution is -0.119. The molecular formula is C13H18N2O2. The maximum absolute atomic E-state index is 11.9. The quantitative estimate of drug-likeness (QED) is 0.683. The Hall–Kier alpha value is -1.55. The summed E-state index contributed by atoms with van der Waals surface area (Å²) in [4.78, 5) is 19.3. The van der Waals surface area contributed by atoms with Gasteiger partial charge in [0.15, 0.2) is 0 Å². The fraction of sp³-hybridized carbons (Fsp3) is 0.462. The molecular weight excluding hydrogens is 216 g/mol. The van der Waals surface area contributed by atoms with Crippen molar-refractivity contribution in [2.45, 2.75) is 18.9 Å². The Kier molecular flexibility index (Phi) is 3.64. The summed E-state index contributed by atoms with van der Waals surface area (Å²) in [5.74, 6) is 0. The van der Waals surface area contributed by atoms with Gasteiger partial charge in [-0.05, 0) is 18.4 Å². The van der Waals surface area contributed by atoms with Gasteiger partial charge in [-0.15, -0.1) is 0 Å². The Bertz CT molecular complexity index is 362. The number of fused-ring (bicyclic) bond motifs is 2. The lowest BCUT2D eigenvalue weighted by atomic mass is 10.1. The standard InChI is InChI=1S/C13H18N2O2/c1-3-6-11(4-2)10-17-15-12-7-5-8-14(9-12)13(15)16/h3-4,6,12H,1-2,5,7-10H2/b11-6+. The van der Waals surface area contributed by atoms with Crippen molar-refractivity contribution in [1.82, 2.24) is 9.96 Å². The van der Waals surface area contributed by atoms with Crippen molar-refractivity contribution < 1.29 is 9.63 Å². The van der Waals surface area contributed by atoms with E-state index in [1.165, 1.54) is 5.06 Å². The van der Waals surface area contributed by atoms with Crippen LogP contribution in [-0.4, -0.2) is 41.7 Å². The predicted molar refractivity (Wildman–Crippen MR) is 66.3 cm³/mol. The monoisotopic (exact) mass is 234 g/mol. The molecule has 2 heterocycles. The molecule has 2 rings (SSSR count). The maximum atomic E-state index is 11.9. The zero-order valence-electron chi connectivity index (χ0n) is 9.97. The number of nitrogens with zero attached hydrogens (tertiary/aromatic N) is 2. The van der Waals surface area contributed by atoms with Crippen LogP contribution in [0.5, 0.6) is 0 Å². The molecule has 2 saturated heterocycles. The van der Waals surface area contributed by atoms with Gasteiger partial charge in [-0.2, -0.15) is 5.06 Å². The van der Waals surface area contributed by atoms with Gasteiger partial charge < -0.3 is 4.90 Å². The predicted octanol–water partition coefficient (Wildman–Crippen LogP) is 2.12. The number of hydrogen-bond acceptors (Lipinski definition) is 2. The van der Waals surface area contributed by atoms with Crippen LogP contribution in [0.25, 0.3) is 0 Å². The van der Waals surface area contributed by atoms with Crippen LogP contribution in [0.1, 0.15) is 12.8 Å². The first-order chi connectivity index (χ1) is 8.26. The summed E-state index contributed by atoms with van der Waals surface area (Å²) in [6, 6.07) is 0.209.